The fraction of sp³-hybridized carbons (Fsp3) is 0.389. The van der Waals surface area contributed by atoms with Crippen molar-refractivity contribution in [2.45, 2.75) is 24.4 Å². The van der Waals surface area contributed by atoms with E-state index in [4.69, 9.17) is 0 Å². The van der Waals surface area contributed by atoms with Gasteiger partial charge in [0.1, 0.15) is 0 Å². The lowest BCUT2D eigenvalue weighted by molar-refractivity contribution is -0.134. The van der Waals surface area contributed by atoms with Gasteiger partial charge in [0.2, 0.25) is 15.9 Å². The minimum atomic E-state index is -3.69. The van der Waals surface area contributed by atoms with E-state index in [1.54, 1.807) is 41.4 Å². The normalized spacial score (nSPS) is 17.2. The third-order valence-electron chi connectivity index (χ3n) is 4.40. The van der Waals surface area contributed by atoms with Gasteiger partial charge in [0.15, 0.2) is 0 Å². The molecule has 2 heterocycles. The quantitative estimate of drug-likeness (QED) is 0.812. The summed E-state index contributed by atoms with van der Waals surface area (Å²) >= 11 is 1.73. The molecule has 1 amide bonds. The highest BCUT2D eigenvalue weighted by Gasteiger charge is 2.28. The van der Waals surface area contributed by atoms with Gasteiger partial charge in [-0.3, -0.25) is 9.69 Å². The molecule has 1 aromatic heterocycles. The van der Waals surface area contributed by atoms with Gasteiger partial charge in [-0.05, 0) is 30.5 Å². The highest BCUT2D eigenvalue weighted by molar-refractivity contribution is 7.89. The topological polar surface area (TPSA) is 69.7 Å². The zero-order chi connectivity index (χ0) is 18.6. The van der Waals surface area contributed by atoms with E-state index in [2.05, 4.69) is 21.1 Å². The molecule has 1 fully saturated rings. The second-order valence-corrected chi connectivity index (χ2v) is 9.08. The number of benzene rings is 1. The van der Waals surface area contributed by atoms with Gasteiger partial charge in [0.25, 0.3) is 0 Å². The van der Waals surface area contributed by atoms with Crippen LogP contribution in [0.15, 0.2) is 52.7 Å². The van der Waals surface area contributed by atoms with E-state index in [0.717, 1.165) is 19.6 Å². The van der Waals surface area contributed by atoms with E-state index in [-0.39, 0.29) is 10.8 Å². The average molecular weight is 394 g/mol. The van der Waals surface area contributed by atoms with Gasteiger partial charge >= 0.3 is 0 Å². The minimum absolute atomic E-state index is 0.167. The zero-order valence-corrected chi connectivity index (χ0v) is 16.3. The first-order chi connectivity index (χ1) is 12.5. The van der Waals surface area contributed by atoms with Crippen LogP contribution in [0.4, 0.5) is 0 Å². The fourth-order valence-electron chi connectivity index (χ4n) is 2.97. The number of carbonyl (C=O) groups excluding carboxylic acids is 1. The number of thiophene rings is 1. The van der Waals surface area contributed by atoms with Crippen molar-refractivity contribution < 1.29 is 13.2 Å². The molecule has 1 aliphatic rings. The van der Waals surface area contributed by atoms with Gasteiger partial charge in [-0.25, -0.2) is 8.42 Å². The van der Waals surface area contributed by atoms with Crippen molar-refractivity contribution >= 4 is 27.3 Å². The Morgan fingerprint density at radius 3 is 2.42 bits per heavy atom. The summed E-state index contributed by atoms with van der Waals surface area (Å²) < 4.78 is 27.2. The van der Waals surface area contributed by atoms with Crippen LogP contribution < -0.4 is 4.72 Å². The van der Waals surface area contributed by atoms with Gasteiger partial charge in [-0.15, -0.1) is 11.3 Å². The molecule has 1 unspecified atom stereocenters. The second kappa shape index (κ2) is 8.30. The summed E-state index contributed by atoms with van der Waals surface area (Å²) in [7, 11) is -3.69. The minimum Gasteiger partial charge on any atom is -0.339 e. The van der Waals surface area contributed by atoms with Crippen LogP contribution >= 0.6 is 11.3 Å². The third kappa shape index (κ3) is 4.70. The largest absolute Gasteiger partial charge is 0.339 e. The number of nitrogens with zero attached hydrogens (tertiary/aromatic N) is 2. The Morgan fingerprint density at radius 1 is 1.12 bits per heavy atom. The predicted molar refractivity (Wildman–Crippen MR) is 102 cm³/mol. The van der Waals surface area contributed by atoms with Crippen molar-refractivity contribution in [3.63, 3.8) is 0 Å². The molecular weight excluding hydrogens is 370 g/mol. The van der Waals surface area contributed by atoms with Gasteiger partial charge in [0.05, 0.1) is 10.9 Å². The van der Waals surface area contributed by atoms with Gasteiger partial charge in [-0.1, -0.05) is 24.3 Å². The van der Waals surface area contributed by atoms with E-state index < -0.39 is 16.1 Å². The molecule has 0 saturated carbocycles. The summed E-state index contributed by atoms with van der Waals surface area (Å²) in [5.74, 6) is -0.180. The standard InChI is InChI=1S/C18H23N3O3S2/c1-15(19-26(23,24)17-7-3-2-4-8-17)18(22)21-11-9-20(10-12-21)14-16-6-5-13-25-16/h2-8,13,15,19H,9-12,14H2,1H3. The molecule has 1 aliphatic heterocycles. The Morgan fingerprint density at radius 2 is 1.81 bits per heavy atom. The lowest BCUT2D eigenvalue weighted by Gasteiger charge is -2.35. The Labute approximate surface area is 158 Å². The molecule has 1 atom stereocenters. The van der Waals surface area contributed by atoms with Crippen molar-refractivity contribution in [2.75, 3.05) is 26.2 Å². The Bertz CT molecular complexity index is 815. The molecule has 0 bridgehead atoms. The molecule has 1 N–H and O–H groups in total. The Kier molecular flexibility index (Phi) is 6.08. The fourth-order valence-corrected chi connectivity index (χ4v) is 4.94. The lowest BCUT2D eigenvalue weighted by Crippen LogP contribution is -2.53. The van der Waals surface area contributed by atoms with Crippen LogP contribution in [0.2, 0.25) is 0 Å². The SMILES string of the molecule is CC(NS(=O)(=O)c1ccccc1)C(=O)N1CCN(Cc2cccs2)CC1. The van der Waals surface area contributed by atoms with Crippen molar-refractivity contribution in [1.29, 1.82) is 0 Å². The first kappa shape index (κ1) is 19.0. The molecular formula is C18H23N3O3S2. The molecule has 2 aromatic rings. The van der Waals surface area contributed by atoms with E-state index in [0.29, 0.717) is 13.1 Å². The molecule has 1 saturated heterocycles. The Hall–Kier alpha value is -1.74. The molecule has 8 heteroatoms. The van der Waals surface area contributed by atoms with Crippen LogP contribution in [0.25, 0.3) is 0 Å². The van der Waals surface area contributed by atoms with E-state index in [1.165, 1.54) is 17.0 Å². The average Bonchev–Trinajstić information content (AvgIpc) is 3.15. The smallest absolute Gasteiger partial charge is 0.241 e. The number of piperazine rings is 1. The van der Waals surface area contributed by atoms with Crippen LogP contribution in [0.3, 0.4) is 0 Å². The number of amides is 1. The maximum absolute atomic E-state index is 12.6. The summed E-state index contributed by atoms with van der Waals surface area (Å²) in [5, 5.41) is 2.07. The second-order valence-electron chi connectivity index (χ2n) is 6.34. The first-order valence-corrected chi connectivity index (χ1v) is 10.9. The number of carbonyl (C=O) groups is 1. The zero-order valence-electron chi connectivity index (χ0n) is 14.7. The predicted octanol–water partition coefficient (Wildman–Crippen LogP) is 1.76. The third-order valence-corrected chi connectivity index (χ3v) is 6.82. The molecule has 0 aliphatic carbocycles. The highest BCUT2D eigenvalue weighted by atomic mass is 32.2. The lowest BCUT2D eigenvalue weighted by atomic mass is 10.2. The highest BCUT2D eigenvalue weighted by Crippen LogP contribution is 2.14. The molecule has 3 rings (SSSR count). The number of hydrogen-bond donors (Lipinski definition) is 1. The monoisotopic (exact) mass is 393 g/mol. The summed E-state index contributed by atoms with van der Waals surface area (Å²) in [6.07, 6.45) is 0. The summed E-state index contributed by atoms with van der Waals surface area (Å²) in [6, 6.07) is 11.5. The number of hydrogen-bond acceptors (Lipinski definition) is 5. The molecule has 0 radical (unpaired) electrons. The van der Waals surface area contributed by atoms with Gasteiger partial charge in [0, 0.05) is 37.6 Å². The molecule has 140 valence electrons. The molecule has 26 heavy (non-hydrogen) atoms. The van der Waals surface area contributed by atoms with Crippen molar-refractivity contribution in [3.8, 4) is 0 Å². The van der Waals surface area contributed by atoms with Crippen LogP contribution in [-0.4, -0.2) is 56.3 Å². The van der Waals surface area contributed by atoms with E-state index in [9.17, 15) is 13.2 Å². The first-order valence-electron chi connectivity index (χ1n) is 8.56. The Balaban J connectivity index is 1.53. The van der Waals surface area contributed by atoms with E-state index in [1.807, 2.05) is 6.07 Å². The van der Waals surface area contributed by atoms with E-state index >= 15 is 0 Å². The van der Waals surface area contributed by atoms with Crippen LogP contribution in [0.1, 0.15) is 11.8 Å². The number of nitrogens with one attached hydrogen (secondary N) is 1. The summed E-state index contributed by atoms with van der Waals surface area (Å²) in [4.78, 5) is 18.1. The van der Waals surface area contributed by atoms with Gasteiger partial charge in [-0.2, -0.15) is 4.72 Å². The van der Waals surface area contributed by atoms with Crippen LogP contribution in [0.5, 0.6) is 0 Å². The van der Waals surface area contributed by atoms with Crippen molar-refractivity contribution in [3.05, 3.63) is 52.7 Å². The molecule has 6 nitrogen and oxygen atoms in total. The molecule has 1 aromatic carbocycles. The molecule has 0 spiro atoms. The van der Waals surface area contributed by atoms with Crippen molar-refractivity contribution in [2.24, 2.45) is 0 Å². The maximum Gasteiger partial charge on any atom is 0.241 e. The van der Waals surface area contributed by atoms with Gasteiger partial charge < -0.3 is 4.90 Å². The summed E-state index contributed by atoms with van der Waals surface area (Å²) in [6.45, 7) is 5.31. The number of rotatable bonds is 6. The summed E-state index contributed by atoms with van der Waals surface area (Å²) in [5.41, 5.74) is 0. The van der Waals surface area contributed by atoms with Crippen LogP contribution in [0, 0.1) is 0 Å². The number of sulfonamides is 1. The van der Waals surface area contributed by atoms with Crippen molar-refractivity contribution in [1.82, 2.24) is 14.5 Å². The maximum atomic E-state index is 12.6. The van der Waals surface area contributed by atoms with Crippen LogP contribution in [-0.2, 0) is 21.4 Å².